The quantitative estimate of drug-likeness (QED) is 0.400. The highest BCUT2D eigenvalue weighted by molar-refractivity contribution is 6.02. The van der Waals surface area contributed by atoms with Crippen LogP contribution in [-0.2, 0) is 24.8 Å². The van der Waals surface area contributed by atoms with E-state index in [1.807, 2.05) is 55.9 Å². The highest BCUT2D eigenvalue weighted by Gasteiger charge is 2.30. The van der Waals surface area contributed by atoms with Crippen LogP contribution in [0.4, 0.5) is 0 Å². The van der Waals surface area contributed by atoms with Gasteiger partial charge in [0.15, 0.2) is 0 Å². The Morgan fingerprint density at radius 1 is 0.973 bits per heavy atom. The molecule has 0 atom stereocenters. The largest absolute Gasteiger partial charge is 0.379 e. The zero-order valence-corrected chi connectivity index (χ0v) is 22.8. The van der Waals surface area contributed by atoms with Gasteiger partial charge in [-0.25, -0.2) is 4.68 Å². The first kappa shape index (κ1) is 26.9. The number of amides is 1. The van der Waals surface area contributed by atoms with Crippen molar-refractivity contribution in [3.63, 3.8) is 0 Å². The zero-order chi connectivity index (χ0) is 26.5. The van der Waals surface area contributed by atoms with Crippen LogP contribution in [0.3, 0.4) is 0 Å². The number of nitrogens with two attached hydrogens (primary N) is 1. The number of morpholine rings is 1. The second-order valence-electron chi connectivity index (χ2n) is 10.00. The molecule has 0 radical (unpaired) electrons. The summed E-state index contributed by atoms with van der Waals surface area (Å²) in [7, 11) is 1.89. The van der Waals surface area contributed by atoms with Gasteiger partial charge in [-0.15, -0.1) is 0 Å². The van der Waals surface area contributed by atoms with Gasteiger partial charge in [-0.05, 0) is 45.2 Å². The lowest BCUT2D eigenvalue weighted by atomic mass is 9.97. The third-order valence-corrected chi connectivity index (χ3v) is 7.66. The van der Waals surface area contributed by atoms with Gasteiger partial charge in [-0.3, -0.25) is 19.2 Å². The second-order valence-corrected chi connectivity index (χ2v) is 10.00. The van der Waals surface area contributed by atoms with E-state index in [2.05, 4.69) is 16.4 Å². The second kappa shape index (κ2) is 12.0. The number of rotatable bonds is 11. The SMILES string of the molecule is CCCCCc1c(-c2c(C)n(C)n(-c3ccccc3)c2=O)c(C(N)=O)c(C)n1CCCN1CCOCC1. The van der Waals surface area contributed by atoms with Crippen LogP contribution in [0, 0.1) is 13.8 Å². The molecule has 4 rings (SSSR count). The number of carbonyl (C=O) groups is 1. The first-order valence-electron chi connectivity index (χ1n) is 13.5. The summed E-state index contributed by atoms with van der Waals surface area (Å²) in [6, 6.07) is 9.62. The summed E-state index contributed by atoms with van der Waals surface area (Å²) in [4.78, 5) is 29.3. The Morgan fingerprint density at radius 3 is 2.32 bits per heavy atom. The van der Waals surface area contributed by atoms with E-state index in [0.29, 0.717) is 11.1 Å². The first-order valence-corrected chi connectivity index (χ1v) is 13.5. The summed E-state index contributed by atoms with van der Waals surface area (Å²) in [6.07, 6.45) is 4.93. The summed E-state index contributed by atoms with van der Waals surface area (Å²) in [5, 5.41) is 0. The van der Waals surface area contributed by atoms with Crippen LogP contribution in [0.5, 0.6) is 0 Å². The predicted octanol–water partition coefficient (Wildman–Crippen LogP) is 3.82. The molecule has 1 fully saturated rings. The predicted molar refractivity (Wildman–Crippen MR) is 148 cm³/mol. The fraction of sp³-hybridized carbons (Fsp3) is 0.517. The summed E-state index contributed by atoms with van der Waals surface area (Å²) in [6.45, 7) is 11.3. The molecular weight excluding hydrogens is 466 g/mol. The first-order chi connectivity index (χ1) is 17.9. The van der Waals surface area contributed by atoms with Gasteiger partial charge in [0.05, 0.1) is 30.0 Å². The Bertz CT molecular complexity index is 1280. The number of hydrogen-bond donors (Lipinski definition) is 1. The van der Waals surface area contributed by atoms with E-state index >= 15 is 0 Å². The van der Waals surface area contributed by atoms with Crippen LogP contribution in [0.15, 0.2) is 35.1 Å². The van der Waals surface area contributed by atoms with Crippen molar-refractivity contribution in [2.24, 2.45) is 12.8 Å². The van der Waals surface area contributed by atoms with E-state index in [1.54, 1.807) is 4.68 Å². The summed E-state index contributed by atoms with van der Waals surface area (Å²) in [5.41, 5.74) is 11.2. The van der Waals surface area contributed by atoms with E-state index in [0.717, 1.165) is 99.8 Å². The minimum absolute atomic E-state index is 0.129. The minimum atomic E-state index is -0.481. The Kier molecular flexibility index (Phi) is 8.71. The Labute approximate surface area is 219 Å². The van der Waals surface area contributed by atoms with E-state index in [9.17, 15) is 9.59 Å². The van der Waals surface area contributed by atoms with E-state index in [4.69, 9.17) is 10.5 Å². The normalized spacial score (nSPS) is 14.4. The molecule has 0 saturated carbocycles. The lowest BCUT2D eigenvalue weighted by Gasteiger charge is -2.26. The number of carbonyl (C=O) groups excluding carboxylic acids is 1. The maximum absolute atomic E-state index is 14.0. The van der Waals surface area contributed by atoms with Crippen molar-refractivity contribution < 1.29 is 9.53 Å². The van der Waals surface area contributed by atoms with Gasteiger partial charge >= 0.3 is 0 Å². The maximum Gasteiger partial charge on any atom is 0.279 e. The van der Waals surface area contributed by atoms with Crippen molar-refractivity contribution >= 4 is 5.91 Å². The van der Waals surface area contributed by atoms with Gasteiger partial charge in [0.25, 0.3) is 11.5 Å². The van der Waals surface area contributed by atoms with Crippen molar-refractivity contribution in [3.8, 4) is 16.8 Å². The molecule has 3 aromatic rings. The summed E-state index contributed by atoms with van der Waals surface area (Å²) >= 11 is 0. The summed E-state index contributed by atoms with van der Waals surface area (Å²) in [5.74, 6) is -0.481. The average molecular weight is 508 g/mol. The maximum atomic E-state index is 14.0. The fourth-order valence-electron chi connectivity index (χ4n) is 5.61. The van der Waals surface area contributed by atoms with Crippen LogP contribution < -0.4 is 11.3 Å². The molecule has 2 N–H and O–H groups in total. The lowest BCUT2D eigenvalue weighted by molar-refractivity contribution is 0.0369. The molecule has 0 unspecified atom stereocenters. The molecule has 1 aliphatic heterocycles. The van der Waals surface area contributed by atoms with Crippen LogP contribution in [0.2, 0.25) is 0 Å². The number of nitrogens with zero attached hydrogens (tertiary/aromatic N) is 4. The number of aromatic nitrogens is 3. The van der Waals surface area contributed by atoms with Crippen LogP contribution in [0.1, 0.15) is 60.0 Å². The number of hydrogen-bond acceptors (Lipinski definition) is 4. The van der Waals surface area contributed by atoms with Crippen LogP contribution >= 0.6 is 0 Å². The van der Waals surface area contributed by atoms with Gasteiger partial charge < -0.3 is 15.0 Å². The van der Waals surface area contributed by atoms with Gasteiger partial charge in [-0.2, -0.15) is 0 Å². The zero-order valence-electron chi connectivity index (χ0n) is 22.8. The highest BCUT2D eigenvalue weighted by Crippen LogP contribution is 2.35. The van der Waals surface area contributed by atoms with Crippen molar-refractivity contribution in [3.05, 3.63) is 63.3 Å². The van der Waals surface area contributed by atoms with Crippen molar-refractivity contribution in [1.29, 1.82) is 0 Å². The monoisotopic (exact) mass is 507 g/mol. The number of ether oxygens (including phenoxy) is 1. The molecule has 1 saturated heterocycles. The number of primary amides is 1. The van der Waals surface area contributed by atoms with E-state index < -0.39 is 5.91 Å². The molecule has 1 aliphatic rings. The molecule has 2 aromatic heterocycles. The van der Waals surface area contributed by atoms with Gasteiger partial charge in [0.2, 0.25) is 0 Å². The Morgan fingerprint density at radius 2 is 1.68 bits per heavy atom. The van der Waals surface area contributed by atoms with Crippen LogP contribution in [0.25, 0.3) is 16.8 Å². The van der Waals surface area contributed by atoms with Crippen molar-refractivity contribution in [2.45, 2.75) is 59.4 Å². The third-order valence-electron chi connectivity index (χ3n) is 7.66. The highest BCUT2D eigenvalue weighted by atomic mass is 16.5. The van der Waals surface area contributed by atoms with Crippen molar-refractivity contribution in [1.82, 2.24) is 18.8 Å². The van der Waals surface area contributed by atoms with Gasteiger partial charge in [0, 0.05) is 55.9 Å². The molecule has 3 heterocycles. The third kappa shape index (κ3) is 5.45. The van der Waals surface area contributed by atoms with Crippen LogP contribution in [-0.4, -0.2) is 57.6 Å². The minimum Gasteiger partial charge on any atom is -0.379 e. The van der Waals surface area contributed by atoms with Crippen molar-refractivity contribution in [2.75, 3.05) is 32.8 Å². The standard InChI is InChI=1S/C29H41N5O3/c1-5-6-8-14-24-27(26-21(2)31(4)34(29(26)36)23-12-9-7-10-13-23)25(28(30)35)22(3)33(24)16-11-15-32-17-19-37-20-18-32/h7,9-10,12-13H,5-6,8,11,14-20H2,1-4H3,(H2,30,35). The molecule has 200 valence electrons. The number of unbranched alkanes of at least 4 members (excludes halogenated alkanes) is 2. The molecular formula is C29H41N5O3. The fourth-order valence-corrected chi connectivity index (χ4v) is 5.61. The molecule has 0 bridgehead atoms. The molecule has 37 heavy (non-hydrogen) atoms. The topological polar surface area (TPSA) is 87.4 Å². The van der Waals surface area contributed by atoms with E-state index in [1.165, 1.54) is 0 Å². The number of benzene rings is 1. The molecule has 8 heteroatoms. The molecule has 8 nitrogen and oxygen atoms in total. The summed E-state index contributed by atoms with van der Waals surface area (Å²) < 4.78 is 11.3. The van der Waals surface area contributed by atoms with E-state index in [-0.39, 0.29) is 5.56 Å². The van der Waals surface area contributed by atoms with Gasteiger partial charge in [-0.1, -0.05) is 38.0 Å². The Hall–Kier alpha value is -3.10. The molecule has 0 spiro atoms. The molecule has 1 amide bonds. The smallest absolute Gasteiger partial charge is 0.279 e. The molecule has 0 aliphatic carbocycles. The number of para-hydroxylation sites is 1. The lowest BCUT2D eigenvalue weighted by Crippen LogP contribution is -2.37. The molecule has 1 aromatic carbocycles. The van der Waals surface area contributed by atoms with Gasteiger partial charge in [0.1, 0.15) is 0 Å². The average Bonchev–Trinajstić information content (AvgIpc) is 3.28. The Balaban J connectivity index is 1.83.